The lowest BCUT2D eigenvalue weighted by atomic mass is 9.94. The average Bonchev–Trinajstić information content (AvgIpc) is 3.47. The molecule has 10 nitrogen and oxygen atoms in total. The Morgan fingerprint density at radius 2 is 1.82 bits per heavy atom. The minimum absolute atomic E-state index is 0.132. The maximum absolute atomic E-state index is 13.6. The molecule has 2 aliphatic carbocycles. The van der Waals surface area contributed by atoms with Crippen LogP contribution < -0.4 is 14.8 Å². The Labute approximate surface area is 234 Å². The largest absolute Gasteiger partial charge is 0.474 e. The summed E-state index contributed by atoms with van der Waals surface area (Å²) < 4.78 is 22.4. The average molecular weight is 552 g/mol. The van der Waals surface area contributed by atoms with Crippen LogP contribution in [0.2, 0.25) is 0 Å². The van der Waals surface area contributed by atoms with Crippen molar-refractivity contribution in [2.24, 2.45) is 17.8 Å². The summed E-state index contributed by atoms with van der Waals surface area (Å²) in [6.45, 7) is 11.0. The van der Waals surface area contributed by atoms with Gasteiger partial charge in [-0.3, -0.25) is 9.59 Å². The van der Waals surface area contributed by atoms with Gasteiger partial charge in [-0.1, -0.05) is 36.4 Å². The summed E-state index contributed by atoms with van der Waals surface area (Å²) in [5.74, 6) is -2.97. The highest BCUT2D eigenvalue weighted by Gasteiger charge is 2.62. The number of esters is 2. The number of aromatic nitrogens is 2. The number of amides is 1. The summed E-state index contributed by atoms with van der Waals surface area (Å²) in [6.07, 6.45) is 1.96. The van der Waals surface area contributed by atoms with Gasteiger partial charge >= 0.3 is 17.9 Å². The van der Waals surface area contributed by atoms with Crippen molar-refractivity contribution < 1.29 is 33.3 Å². The number of nitrogens with zero attached hydrogens (tertiary/aromatic N) is 2. The molecule has 2 saturated carbocycles. The highest BCUT2D eigenvalue weighted by Crippen LogP contribution is 2.46. The van der Waals surface area contributed by atoms with Gasteiger partial charge in [0, 0.05) is 17.5 Å². The first kappa shape index (κ1) is 29.0. The highest BCUT2D eigenvalue weighted by atomic mass is 16.6. The predicted molar refractivity (Wildman–Crippen MR) is 146 cm³/mol. The molecule has 10 heteroatoms. The van der Waals surface area contributed by atoms with E-state index < -0.39 is 46.9 Å². The van der Waals surface area contributed by atoms with Crippen molar-refractivity contribution in [2.75, 3.05) is 13.7 Å². The first-order chi connectivity index (χ1) is 19.0. The minimum atomic E-state index is -1.17. The summed E-state index contributed by atoms with van der Waals surface area (Å²) in [5.41, 5.74) is -0.442. The Morgan fingerprint density at radius 3 is 2.42 bits per heavy atom. The van der Waals surface area contributed by atoms with Gasteiger partial charge in [0.05, 0.1) is 31.2 Å². The molecule has 1 heterocycles. The molecule has 2 aromatic rings. The van der Waals surface area contributed by atoms with E-state index >= 15 is 0 Å². The van der Waals surface area contributed by atoms with Crippen LogP contribution in [0.15, 0.2) is 49.1 Å². The second-order valence-corrected chi connectivity index (χ2v) is 11.1. The van der Waals surface area contributed by atoms with E-state index in [1.54, 1.807) is 39.8 Å². The quantitative estimate of drug-likeness (QED) is 0.346. The lowest BCUT2D eigenvalue weighted by Gasteiger charge is -2.25. The Hall–Kier alpha value is -3.95. The molecule has 0 unspecified atom stereocenters. The van der Waals surface area contributed by atoms with E-state index in [4.69, 9.17) is 18.9 Å². The van der Waals surface area contributed by atoms with Gasteiger partial charge in [-0.2, -0.15) is 9.97 Å². The molecule has 1 amide bonds. The second kappa shape index (κ2) is 11.7. The number of carbonyl (C=O) groups is 3. The van der Waals surface area contributed by atoms with E-state index in [2.05, 4.69) is 21.9 Å². The Morgan fingerprint density at radius 1 is 1.12 bits per heavy atom. The maximum atomic E-state index is 13.6. The van der Waals surface area contributed by atoms with Crippen LogP contribution in [0.3, 0.4) is 0 Å². The summed E-state index contributed by atoms with van der Waals surface area (Å²) in [7, 11) is 1.47. The van der Waals surface area contributed by atoms with Crippen molar-refractivity contribution in [3.8, 4) is 23.1 Å². The lowest BCUT2D eigenvalue weighted by molar-refractivity contribution is -0.163. The van der Waals surface area contributed by atoms with E-state index in [1.807, 2.05) is 30.3 Å². The van der Waals surface area contributed by atoms with Gasteiger partial charge < -0.3 is 24.3 Å². The van der Waals surface area contributed by atoms with E-state index in [0.717, 1.165) is 5.56 Å². The van der Waals surface area contributed by atoms with Crippen LogP contribution in [-0.2, 0) is 23.9 Å². The summed E-state index contributed by atoms with van der Waals surface area (Å²) in [6, 6.07) is 11.4. The fourth-order valence-corrected chi connectivity index (χ4v) is 5.07. The third kappa shape index (κ3) is 6.43. The van der Waals surface area contributed by atoms with Crippen LogP contribution >= 0.6 is 0 Å². The Kier molecular flexibility index (Phi) is 8.46. The molecule has 2 aliphatic rings. The fraction of sp³-hybridized carbons (Fsp3) is 0.500. The summed E-state index contributed by atoms with van der Waals surface area (Å²) in [4.78, 5) is 48.3. The smallest absolute Gasteiger partial charge is 0.332 e. The van der Waals surface area contributed by atoms with Gasteiger partial charge in [0.1, 0.15) is 17.2 Å². The second-order valence-electron chi connectivity index (χ2n) is 11.1. The molecule has 2 fully saturated rings. The van der Waals surface area contributed by atoms with E-state index in [1.165, 1.54) is 7.11 Å². The van der Waals surface area contributed by atoms with Crippen LogP contribution in [0.1, 0.15) is 47.0 Å². The molecule has 0 spiro atoms. The van der Waals surface area contributed by atoms with Gasteiger partial charge in [-0.15, -0.1) is 6.58 Å². The molecule has 40 heavy (non-hydrogen) atoms. The first-order valence-electron chi connectivity index (χ1n) is 13.5. The SMILES string of the molecule is C=C[C@@H]1C[C@]1(NC(=O)[C@@H]1C[C@@H](Oc2cc(-c3ccccc3)nc(OC)n2)C[C@H]1C(=O)OC(C)(C)C)C(=O)OCC. The van der Waals surface area contributed by atoms with Crippen LogP contribution in [-0.4, -0.2) is 58.8 Å². The van der Waals surface area contributed by atoms with Gasteiger partial charge in [0.25, 0.3) is 0 Å². The maximum Gasteiger partial charge on any atom is 0.332 e. The summed E-state index contributed by atoms with van der Waals surface area (Å²) in [5, 5.41) is 2.88. The van der Waals surface area contributed by atoms with Crippen LogP contribution in [0.5, 0.6) is 11.9 Å². The van der Waals surface area contributed by atoms with E-state index in [0.29, 0.717) is 12.1 Å². The number of benzene rings is 1. The topological polar surface area (TPSA) is 126 Å². The number of nitrogens with one attached hydrogen (secondary N) is 1. The molecule has 0 bridgehead atoms. The molecule has 1 aromatic heterocycles. The molecular weight excluding hydrogens is 514 g/mol. The van der Waals surface area contributed by atoms with Crippen LogP contribution in [0, 0.1) is 17.8 Å². The van der Waals surface area contributed by atoms with Gasteiger partial charge in [-0.05, 0) is 47.0 Å². The lowest BCUT2D eigenvalue weighted by Crippen LogP contribution is -2.49. The minimum Gasteiger partial charge on any atom is -0.474 e. The molecule has 1 N–H and O–H groups in total. The zero-order valence-corrected chi connectivity index (χ0v) is 23.6. The number of methoxy groups -OCH3 is 1. The number of carbonyl (C=O) groups excluding carboxylic acids is 3. The monoisotopic (exact) mass is 551 g/mol. The third-order valence-electron chi connectivity index (χ3n) is 7.07. The molecule has 0 radical (unpaired) electrons. The van der Waals surface area contributed by atoms with Crippen molar-refractivity contribution >= 4 is 17.8 Å². The summed E-state index contributed by atoms with van der Waals surface area (Å²) >= 11 is 0. The van der Waals surface area contributed by atoms with Gasteiger partial charge in [-0.25, -0.2) is 4.79 Å². The molecule has 5 atom stereocenters. The van der Waals surface area contributed by atoms with E-state index in [-0.39, 0.29) is 37.3 Å². The molecule has 0 saturated heterocycles. The van der Waals surface area contributed by atoms with Crippen LogP contribution in [0.25, 0.3) is 11.3 Å². The van der Waals surface area contributed by atoms with Crippen LogP contribution in [0.4, 0.5) is 0 Å². The number of rotatable bonds is 10. The van der Waals surface area contributed by atoms with Crippen molar-refractivity contribution in [2.45, 2.75) is 64.2 Å². The zero-order valence-electron chi connectivity index (χ0n) is 23.6. The fourth-order valence-electron chi connectivity index (χ4n) is 5.07. The molecule has 4 rings (SSSR count). The van der Waals surface area contributed by atoms with Crippen molar-refractivity contribution in [1.82, 2.24) is 15.3 Å². The van der Waals surface area contributed by atoms with Crippen molar-refractivity contribution in [1.29, 1.82) is 0 Å². The number of ether oxygens (including phenoxy) is 4. The third-order valence-corrected chi connectivity index (χ3v) is 7.07. The normalized spacial score (nSPS) is 25.4. The number of hydrogen-bond donors (Lipinski definition) is 1. The molecular formula is C30H37N3O7. The Balaban J connectivity index is 1.57. The van der Waals surface area contributed by atoms with E-state index in [9.17, 15) is 14.4 Å². The highest BCUT2D eigenvalue weighted by molar-refractivity contribution is 5.94. The number of hydrogen-bond acceptors (Lipinski definition) is 9. The molecule has 214 valence electrons. The standard InChI is InChI=1S/C30H37N3O7/c1-7-19-17-30(19,27(36)38-8-2)33-25(34)21-14-20(15-22(21)26(35)40-29(3,4)5)39-24-16-23(31-28(32-24)37-6)18-12-10-9-11-13-18/h7,9-13,16,19-22H,1,8,14-15,17H2,2-6H3,(H,33,34)/t19-,20-,21-,22-,30-/m1/s1. The van der Waals surface area contributed by atoms with Gasteiger partial charge in [0.2, 0.25) is 11.8 Å². The molecule has 0 aliphatic heterocycles. The van der Waals surface area contributed by atoms with Crippen molar-refractivity contribution in [3.63, 3.8) is 0 Å². The first-order valence-corrected chi connectivity index (χ1v) is 13.5. The predicted octanol–water partition coefficient (Wildman–Crippen LogP) is 3.89. The van der Waals surface area contributed by atoms with Crippen molar-refractivity contribution in [3.05, 3.63) is 49.1 Å². The van der Waals surface area contributed by atoms with Gasteiger partial charge in [0.15, 0.2) is 0 Å². The molecule has 1 aromatic carbocycles. The zero-order chi connectivity index (χ0) is 29.1. The Bertz CT molecular complexity index is 1260.